The summed E-state index contributed by atoms with van der Waals surface area (Å²) in [4.78, 5) is 16.1. The van der Waals surface area contributed by atoms with E-state index in [1.165, 1.54) is 11.8 Å². The lowest BCUT2D eigenvalue weighted by Crippen LogP contribution is -2.20. The summed E-state index contributed by atoms with van der Waals surface area (Å²) in [6, 6.07) is 16.0. The largest absolute Gasteiger partial charge is 0.484 e. The number of hydrogen-bond acceptors (Lipinski definition) is 6. The molecule has 0 unspecified atom stereocenters. The third-order valence-electron chi connectivity index (χ3n) is 3.36. The smallest absolute Gasteiger partial charge is 0.264 e. The first-order valence-electron chi connectivity index (χ1n) is 7.85. The van der Waals surface area contributed by atoms with Gasteiger partial charge in [0.15, 0.2) is 6.61 Å². The first kappa shape index (κ1) is 18.8. The molecule has 3 aromatic rings. The van der Waals surface area contributed by atoms with Crippen LogP contribution < -0.4 is 10.1 Å². The molecular weight excluding hydrogens is 386 g/mol. The number of anilines is 1. The minimum atomic E-state index is -0.371. The number of hydrogen-bond donors (Lipinski definition) is 2. The average Bonchev–Trinajstić information content (AvgIpc) is 3.13. The van der Waals surface area contributed by atoms with Gasteiger partial charge in [-0.15, -0.1) is 5.10 Å². The van der Waals surface area contributed by atoms with E-state index >= 15 is 0 Å². The van der Waals surface area contributed by atoms with Gasteiger partial charge in [0, 0.05) is 10.8 Å². The zero-order valence-electron chi connectivity index (χ0n) is 14.0. The second-order valence-corrected chi connectivity index (χ2v) is 6.73. The van der Waals surface area contributed by atoms with Gasteiger partial charge in [0.25, 0.3) is 5.91 Å². The van der Waals surface area contributed by atoms with Crippen molar-refractivity contribution >= 4 is 35.2 Å². The Morgan fingerprint density at radius 3 is 2.67 bits per heavy atom. The molecule has 0 aliphatic carbocycles. The number of nitrogens with zero attached hydrogens (tertiary/aromatic N) is 3. The number of halogens is 1. The van der Waals surface area contributed by atoms with Crippen LogP contribution in [0.25, 0.3) is 0 Å². The first-order valence-corrected chi connectivity index (χ1v) is 9.21. The number of carbonyl (C=O) groups is 1. The summed E-state index contributed by atoms with van der Waals surface area (Å²) in [5, 5.41) is 19.3. The number of H-pyrrole nitrogens is 1. The van der Waals surface area contributed by atoms with Gasteiger partial charge in [0.05, 0.1) is 11.6 Å². The number of amides is 1. The van der Waals surface area contributed by atoms with Crippen molar-refractivity contribution in [2.45, 2.75) is 10.9 Å². The van der Waals surface area contributed by atoms with Gasteiger partial charge in [-0.05, 0) is 42.0 Å². The van der Waals surface area contributed by atoms with Crippen molar-refractivity contribution in [2.24, 2.45) is 0 Å². The number of nitrogens with one attached hydrogen (secondary N) is 2. The maximum absolute atomic E-state index is 11.9. The van der Waals surface area contributed by atoms with Crippen molar-refractivity contribution in [3.05, 3.63) is 64.7 Å². The van der Waals surface area contributed by atoms with E-state index in [1.54, 1.807) is 24.3 Å². The van der Waals surface area contributed by atoms with E-state index in [0.29, 0.717) is 27.2 Å². The second kappa shape index (κ2) is 9.07. The highest BCUT2D eigenvalue weighted by Crippen LogP contribution is 2.21. The van der Waals surface area contributed by atoms with E-state index in [-0.39, 0.29) is 18.5 Å². The quantitative estimate of drug-likeness (QED) is 0.588. The predicted octanol–water partition coefficient (Wildman–Crippen LogP) is 3.64. The van der Waals surface area contributed by atoms with E-state index in [2.05, 4.69) is 20.5 Å². The van der Waals surface area contributed by atoms with Crippen LogP contribution in [0, 0.1) is 11.3 Å². The minimum Gasteiger partial charge on any atom is -0.484 e. The highest BCUT2D eigenvalue weighted by atomic mass is 35.5. The third kappa shape index (κ3) is 5.74. The number of carbonyl (C=O) groups excluding carboxylic acids is 1. The normalized spacial score (nSPS) is 10.2. The first-order chi connectivity index (χ1) is 13.1. The van der Waals surface area contributed by atoms with Gasteiger partial charge in [-0.3, -0.25) is 10.1 Å². The van der Waals surface area contributed by atoms with Crippen molar-refractivity contribution < 1.29 is 9.53 Å². The summed E-state index contributed by atoms with van der Waals surface area (Å²) in [6.45, 7) is -0.181. The molecule has 2 aromatic carbocycles. The van der Waals surface area contributed by atoms with E-state index in [9.17, 15) is 4.79 Å². The molecule has 0 aliphatic heterocycles. The standard InChI is InChI=1S/C18H14ClN5O2S/c19-14-5-1-13(2-6-14)11-27-18-22-17(23-24-18)21-16(25)10-26-15-7-3-12(9-20)4-8-15/h1-8H,10-11H2,(H2,21,22,23,24,25). The predicted molar refractivity (Wildman–Crippen MR) is 103 cm³/mol. The molecule has 0 bridgehead atoms. The van der Waals surface area contributed by atoms with Crippen LogP contribution in [0.1, 0.15) is 11.1 Å². The zero-order valence-corrected chi connectivity index (χ0v) is 15.5. The van der Waals surface area contributed by atoms with Gasteiger partial charge in [-0.25, -0.2) is 5.10 Å². The van der Waals surface area contributed by atoms with E-state index in [0.717, 1.165) is 5.56 Å². The molecule has 7 nitrogen and oxygen atoms in total. The van der Waals surface area contributed by atoms with Crippen molar-refractivity contribution in [3.63, 3.8) is 0 Å². The fourth-order valence-electron chi connectivity index (χ4n) is 2.04. The van der Waals surface area contributed by atoms with Crippen LogP contribution in [-0.2, 0) is 10.5 Å². The van der Waals surface area contributed by atoms with Crippen LogP contribution >= 0.6 is 23.4 Å². The summed E-state index contributed by atoms with van der Waals surface area (Å²) in [5.41, 5.74) is 1.62. The molecule has 9 heteroatoms. The molecule has 0 aliphatic rings. The van der Waals surface area contributed by atoms with Gasteiger partial charge in [-0.1, -0.05) is 35.5 Å². The lowest BCUT2D eigenvalue weighted by Gasteiger charge is -2.05. The fourth-order valence-corrected chi connectivity index (χ4v) is 2.92. The molecule has 27 heavy (non-hydrogen) atoms. The van der Waals surface area contributed by atoms with Gasteiger partial charge < -0.3 is 4.74 Å². The molecule has 0 radical (unpaired) electrons. The Morgan fingerprint density at radius 1 is 1.22 bits per heavy atom. The molecule has 3 rings (SSSR count). The highest BCUT2D eigenvalue weighted by molar-refractivity contribution is 7.98. The minimum absolute atomic E-state index is 0.181. The SMILES string of the molecule is N#Cc1ccc(OCC(=O)Nc2nc(SCc3ccc(Cl)cc3)n[nH]2)cc1. The molecule has 136 valence electrons. The van der Waals surface area contributed by atoms with Gasteiger partial charge in [-0.2, -0.15) is 10.2 Å². The maximum Gasteiger partial charge on any atom is 0.264 e. The van der Waals surface area contributed by atoms with Crippen molar-refractivity contribution in [1.29, 1.82) is 5.26 Å². The topological polar surface area (TPSA) is 104 Å². The molecule has 1 amide bonds. The lowest BCUT2D eigenvalue weighted by atomic mass is 10.2. The van der Waals surface area contributed by atoms with Gasteiger partial charge >= 0.3 is 0 Å². The Labute approximate surface area is 164 Å². The molecule has 0 saturated carbocycles. The fraction of sp³-hybridized carbons (Fsp3) is 0.111. The summed E-state index contributed by atoms with van der Waals surface area (Å²) < 4.78 is 5.36. The molecule has 0 atom stereocenters. The van der Waals surface area contributed by atoms with Crippen LogP contribution in [0.5, 0.6) is 5.75 Å². The van der Waals surface area contributed by atoms with Crippen LogP contribution in [0.3, 0.4) is 0 Å². The third-order valence-corrected chi connectivity index (χ3v) is 4.53. The summed E-state index contributed by atoms with van der Waals surface area (Å²) in [5.74, 6) is 1.07. The summed E-state index contributed by atoms with van der Waals surface area (Å²) in [6.07, 6.45) is 0. The number of nitriles is 1. The molecule has 0 fully saturated rings. The summed E-state index contributed by atoms with van der Waals surface area (Å²) >= 11 is 7.29. The number of thioether (sulfide) groups is 1. The van der Waals surface area contributed by atoms with E-state index in [4.69, 9.17) is 21.6 Å². The maximum atomic E-state index is 11.9. The Hall–Kier alpha value is -3.02. The molecule has 1 aromatic heterocycles. The summed E-state index contributed by atoms with van der Waals surface area (Å²) in [7, 11) is 0. The number of aromatic amines is 1. The molecule has 2 N–H and O–H groups in total. The van der Waals surface area contributed by atoms with Crippen LogP contribution in [-0.4, -0.2) is 27.7 Å². The van der Waals surface area contributed by atoms with Crippen molar-refractivity contribution in [2.75, 3.05) is 11.9 Å². The Kier molecular flexibility index (Phi) is 6.30. The van der Waals surface area contributed by atoms with Crippen LogP contribution in [0.4, 0.5) is 5.95 Å². The number of ether oxygens (including phenoxy) is 1. The number of rotatable bonds is 7. The monoisotopic (exact) mass is 399 g/mol. The molecule has 0 saturated heterocycles. The number of benzene rings is 2. The van der Waals surface area contributed by atoms with Crippen molar-refractivity contribution in [1.82, 2.24) is 15.2 Å². The number of aromatic nitrogens is 3. The van der Waals surface area contributed by atoms with E-state index < -0.39 is 0 Å². The van der Waals surface area contributed by atoms with Gasteiger partial charge in [0.1, 0.15) is 5.75 Å². The molecule has 1 heterocycles. The van der Waals surface area contributed by atoms with Crippen LogP contribution in [0.2, 0.25) is 5.02 Å². The Bertz CT molecular complexity index is 951. The molecular formula is C18H14ClN5O2S. The van der Waals surface area contributed by atoms with Crippen LogP contribution in [0.15, 0.2) is 53.7 Å². The molecule has 0 spiro atoms. The zero-order chi connectivity index (χ0) is 19.1. The van der Waals surface area contributed by atoms with E-state index in [1.807, 2.05) is 30.3 Å². The van der Waals surface area contributed by atoms with Crippen molar-refractivity contribution in [3.8, 4) is 11.8 Å². The lowest BCUT2D eigenvalue weighted by molar-refractivity contribution is -0.118. The average molecular weight is 400 g/mol. The second-order valence-electron chi connectivity index (χ2n) is 5.35. The van der Waals surface area contributed by atoms with Gasteiger partial charge in [0.2, 0.25) is 11.1 Å². The Balaban J connectivity index is 1.45. The highest BCUT2D eigenvalue weighted by Gasteiger charge is 2.09. The Morgan fingerprint density at radius 2 is 1.96 bits per heavy atom.